The molecule has 0 aromatic rings. The molecule has 0 aliphatic carbocycles. The first kappa shape index (κ1) is 11.2. The lowest BCUT2D eigenvalue weighted by atomic mass is 9.99. The number of hydrogen-bond acceptors (Lipinski definition) is 6. The van der Waals surface area contributed by atoms with Crippen molar-refractivity contribution < 1.29 is 24.1 Å². The van der Waals surface area contributed by atoms with Gasteiger partial charge in [0.15, 0.2) is 6.29 Å². The fourth-order valence-electron chi connectivity index (χ4n) is 1.88. The van der Waals surface area contributed by atoms with Crippen LogP contribution in [0, 0.1) is 0 Å². The fraction of sp³-hybridized carbons (Fsp3) is 0.875. The van der Waals surface area contributed by atoms with Crippen LogP contribution in [-0.4, -0.2) is 48.3 Å². The van der Waals surface area contributed by atoms with Gasteiger partial charge in [-0.3, -0.25) is 4.79 Å². The summed E-state index contributed by atoms with van der Waals surface area (Å²) in [5.41, 5.74) is 8.41. The van der Waals surface area contributed by atoms with E-state index in [1.165, 1.54) is 6.92 Å². The SMILES string of the molecule is CC(=O)OC1[C@H](O)C2CO[C@H](O2)[C@H]1N=[N+]=[N-]. The Kier molecular flexibility index (Phi) is 2.97. The normalized spacial score (nSPS) is 41.2. The Hall–Kier alpha value is -1.34. The van der Waals surface area contributed by atoms with Crippen molar-refractivity contribution in [3.05, 3.63) is 10.4 Å². The molecule has 8 heteroatoms. The predicted octanol–water partition coefficient (Wildman–Crippen LogP) is -0.287. The van der Waals surface area contributed by atoms with Gasteiger partial charge < -0.3 is 19.3 Å². The number of aliphatic hydroxyl groups is 1. The van der Waals surface area contributed by atoms with E-state index in [2.05, 4.69) is 10.0 Å². The first-order valence-electron chi connectivity index (χ1n) is 4.80. The first-order valence-corrected chi connectivity index (χ1v) is 4.80. The van der Waals surface area contributed by atoms with E-state index in [0.717, 1.165) is 0 Å². The molecular formula is C8H11N3O5. The van der Waals surface area contributed by atoms with Crippen LogP contribution in [-0.2, 0) is 19.0 Å². The highest BCUT2D eigenvalue weighted by Crippen LogP contribution is 2.31. The van der Waals surface area contributed by atoms with Gasteiger partial charge in [-0.15, -0.1) is 0 Å². The molecular weight excluding hydrogens is 218 g/mol. The largest absolute Gasteiger partial charge is 0.459 e. The van der Waals surface area contributed by atoms with Crippen molar-refractivity contribution in [2.45, 2.75) is 37.6 Å². The first-order chi connectivity index (χ1) is 7.63. The van der Waals surface area contributed by atoms with E-state index in [1.54, 1.807) is 0 Å². The standard InChI is InChI=1S/C8H11N3O5/c1-3(12)15-7-5(10-11-9)8-14-2-4(16-8)6(7)13/h4-8,13H,2H2,1H3/t4?,5-,6+,7?,8+/m0/s1. The Morgan fingerprint density at radius 2 is 2.44 bits per heavy atom. The highest BCUT2D eigenvalue weighted by atomic mass is 16.7. The topological polar surface area (TPSA) is 114 Å². The summed E-state index contributed by atoms with van der Waals surface area (Å²) in [4.78, 5) is 13.5. The number of hydrogen-bond donors (Lipinski definition) is 1. The van der Waals surface area contributed by atoms with Crippen LogP contribution < -0.4 is 0 Å². The molecule has 2 aliphatic rings. The second kappa shape index (κ2) is 4.26. The molecule has 0 radical (unpaired) electrons. The summed E-state index contributed by atoms with van der Waals surface area (Å²) in [6, 6.07) is -0.859. The molecule has 8 nitrogen and oxygen atoms in total. The molecule has 2 fully saturated rings. The van der Waals surface area contributed by atoms with Crippen molar-refractivity contribution in [2.24, 2.45) is 5.11 Å². The lowest BCUT2D eigenvalue weighted by molar-refractivity contribution is -0.196. The molecule has 16 heavy (non-hydrogen) atoms. The molecule has 2 heterocycles. The van der Waals surface area contributed by atoms with E-state index in [9.17, 15) is 9.90 Å². The molecule has 5 atom stereocenters. The van der Waals surface area contributed by atoms with Gasteiger partial charge in [0.2, 0.25) is 0 Å². The zero-order valence-corrected chi connectivity index (χ0v) is 8.52. The maximum absolute atomic E-state index is 10.9. The van der Waals surface area contributed by atoms with Gasteiger partial charge in [0.1, 0.15) is 24.4 Å². The minimum absolute atomic E-state index is 0.195. The van der Waals surface area contributed by atoms with Crippen LogP contribution in [0.15, 0.2) is 5.11 Å². The number of esters is 1. The predicted molar refractivity (Wildman–Crippen MR) is 49.1 cm³/mol. The second-order valence-electron chi connectivity index (χ2n) is 3.64. The number of rotatable bonds is 2. The Morgan fingerprint density at radius 3 is 3.06 bits per heavy atom. The summed E-state index contributed by atoms with van der Waals surface area (Å²) in [6.07, 6.45) is -3.26. The van der Waals surface area contributed by atoms with Gasteiger partial charge in [-0.25, -0.2) is 0 Å². The van der Waals surface area contributed by atoms with Gasteiger partial charge in [-0.1, -0.05) is 5.11 Å². The molecule has 2 unspecified atom stereocenters. The minimum atomic E-state index is -1.04. The van der Waals surface area contributed by atoms with Gasteiger partial charge in [0.25, 0.3) is 0 Å². The number of azide groups is 1. The summed E-state index contributed by atoms with van der Waals surface area (Å²) < 4.78 is 15.4. The Bertz CT molecular complexity index is 343. The molecule has 88 valence electrons. The van der Waals surface area contributed by atoms with Crippen LogP contribution in [0.4, 0.5) is 0 Å². The molecule has 2 aliphatic heterocycles. The molecule has 2 bridgehead atoms. The van der Waals surface area contributed by atoms with Crippen molar-refractivity contribution in [1.29, 1.82) is 0 Å². The van der Waals surface area contributed by atoms with Crippen molar-refractivity contribution in [3.63, 3.8) is 0 Å². The smallest absolute Gasteiger partial charge is 0.303 e. The third kappa shape index (κ3) is 1.83. The monoisotopic (exact) mass is 229 g/mol. The Morgan fingerprint density at radius 1 is 1.69 bits per heavy atom. The fourth-order valence-corrected chi connectivity index (χ4v) is 1.88. The zero-order valence-electron chi connectivity index (χ0n) is 8.52. The highest BCUT2D eigenvalue weighted by Gasteiger charge is 2.51. The quantitative estimate of drug-likeness (QED) is 0.302. The lowest BCUT2D eigenvalue weighted by Crippen LogP contribution is -2.54. The van der Waals surface area contributed by atoms with E-state index >= 15 is 0 Å². The summed E-state index contributed by atoms with van der Waals surface area (Å²) in [5, 5.41) is 13.3. The molecule has 0 saturated carbocycles. The highest BCUT2D eigenvalue weighted by molar-refractivity contribution is 5.66. The molecule has 0 aromatic carbocycles. The van der Waals surface area contributed by atoms with E-state index < -0.39 is 36.6 Å². The Labute approximate surface area is 90.7 Å². The molecule has 0 spiro atoms. The van der Waals surface area contributed by atoms with Gasteiger partial charge in [-0.2, -0.15) is 0 Å². The number of carbonyl (C=O) groups excluding carboxylic acids is 1. The lowest BCUT2D eigenvalue weighted by Gasteiger charge is -2.35. The van der Waals surface area contributed by atoms with Crippen LogP contribution in [0.5, 0.6) is 0 Å². The number of aliphatic hydroxyl groups excluding tert-OH is 1. The molecule has 0 amide bonds. The average Bonchev–Trinajstić information content (AvgIpc) is 2.66. The molecule has 0 aromatic heterocycles. The number of ether oxygens (including phenoxy) is 3. The van der Waals surface area contributed by atoms with Crippen LogP contribution in [0.3, 0.4) is 0 Å². The molecule has 1 N–H and O–H groups in total. The van der Waals surface area contributed by atoms with Crippen LogP contribution >= 0.6 is 0 Å². The van der Waals surface area contributed by atoms with Gasteiger partial charge in [-0.05, 0) is 5.53 Å². The third-order valence-electron chi connectivity index (χ3n) is 2.55. The van der Waals surface area contributed by atoms with Crippen LogP contribution in [0.2, 0.25) is 0 Å². The Balaban J connectivity index is 2.22. The summed E-state index contributed by atoms with van der Waals surface area (Å²) in [5.74, 6) is -0.552. The van der Waals surface area contributed by atoms with E-state index in [4.69, 9.17) is 19.7 Å². The van der Waals surface area contributed by atoms with Crippen LogP contribution in [0.1, 0.15) is 6.92 Å². The average molecular weight is 229 g/mol. The molecule has 2 saturated heterocycles. The van der Waals surface area contributed by atoms with Crippen LogP contribution in [0.25, 0.3) is 10.4 Å². The van der Waals surface area contributed by atoms with E-state index in [0.29, 0.717) is 0 Å². The van der Waals surface area contributed by atoms with Crippen molar-refractivity contribution in [3.8, 4) is 0 Å². The number of fused-ring (bicyclic) bond motifs is 2. The zero-order chi connectivity index (χ0) is 11.7. The van der Waals surface area contributed by atoms with Gasteiger partial charge in [0, 0.05) is 11.8 Å². The summed E-state index contributed by atoms with van der Waals surface area (Å²) in [7, 11) is 0. The van der Waals surface area contributed by atoms with Crippen molar-refractivity contribution in [1.82, 2.24) is 0 Å². The third-order valence-corrected chi connectivity index (χ3v) is 2.55. The number of nitrogens with zero attached hydrogens (tertiary/aromatic N) is 3. The minimum Gasteiger partial charge on any atom is -0.459 e. The summed E-state index contributed by atoms with van der Waals surface area (Å²) in [6.45, 7) is 1.42. The maximum atomic E-state index is 10.9. The second-order valence-corrected chi connectivity index (χ2v) is 3.64. The van der Waals surface area contributed by atoms with E-state index in [1.807, 2.05) is 0 Å². The summed E-state index contributed by atoms with van der Waals surface area (Å²) >= 11 is 0. The number of carbonyl (C=O) groups is 1. The molecule has 2 rings (SSSR count). The van der Waals surface area contributed by atoms with E-state index in [-0.39, 0.29) is 6.61 Å². The van der Waals surface area contributed by atoms with Gasteiger partial charge >= 0.3 is 5.97 Å². The van der Waals surface area contributed by atoms with Crippen molar-refractivity contribution >= 4 is 5.97 Å². The maximum Gasteiger partial charge on any atom is 0.303 e. The van der Waals surface area contributed by atoms with Gasteiger partial charge in [0.05, 0.1) is 6.61 Å². The van der Waals surface area contributed by atoms with Crippen molar-refractivity contribution in [2.75, 3.05) is 6.61 Å².